The van der Waals surface area contributed by atoms with Gasteiger partial charge in [0.15, 0.2) is 0 Å². The number of hydrogen-bond acceptors (Lipinski definition) is 5. The summed E-state index contributed by atoms with van der Waals surface area (Å²) in [6, 6.07) is 11.9. The standard InChI is InChI=1S/C29H40ClN3O5S/c1-21-12-15-24(30)19-27(21)33(39(4,36)37)18-8-11-28(34)32(20-23-13-16-26(38-3)17-14-23)22(2)29(35)31-25-9-6-5-7-10-25/h12-17,19,22,25H,5-11,18,20H2,1-4H3,(H,31,35)/t22-/m1/s1. The van der Waals surface area contributed by atoms with Crippen LogP contribution >= 0.6 is 11.6 Å². The Labute approximate surface area is 237 Å². The van der Waals surface area contributed by atoms with Crippen molar-refractivity contribution in [3.8, 4) is 5.75 Å². The van der Waals surface area contributed by atoms with E-state index >= 15 is 0 Å². The minimum absolute atomic E-state index is 0.0861. The number of nitrogens with one attached hydrogen (secondary N) is 1. The zero-order valence-corrected chi connectivity index (χ0v) is 24.9. The maximum Gasteiger partial charge on any atom is 0.242 e. The van der Waals surface area contributed by atoms with E-state index < -0.39 is 16.1 Å². The van der Waals surface area contributed by atoms with Crippen molar-refractivity contribution in [2.45, 2.75) is 77.4 Å². The van der Waals surface area contributed by atoms with Crippen molar-refractivity contribution < 1.29 is 22.7 Å². The zero-order valence-electron chi connectivity index (χ0n) is 23.3. The Morgan fingerprint density at radius 3 is 2.38 bits per heavy atom. The first-order valence-electron chi connectivity index (χ1n) is 13.5. The lowest BCUT2D eigenvalue weighted by Gasteiger charge is -2.31. The van der Waals surface area contributed by atoms with Crippen LogP contribution in [0.5, 0.6) is 5.75 Å². The number of hydrogen-bond donors (Lipinski definition) is 1. The molecule has 39 heavy (non-hydrogen) atoms. The number of nitrogens with zero attached hydrogens (tertiary/aromatic N) is 2. The van der Waals surface area contributed by atoms with E-state index in [1.165, 1.54) is 10.7 Å². The third-order valence-electron chi connectivity index (χ3n) is 7.22. The molecule has 2 aromatic rings. The van der Waals surface area contributed by atoms with Crippen molar-refractivity contribution in [2.24, 2.45) is 0 Å². The van der Waals surface area contributed by atoms with E-state index in [4.69, 9.17) is 16.3 Å². The fourth-order valence-corrected chi connectivity index (χ4v) is 6.09. The van der Waals surface area contributed by atoms with Crippen LogP contribution in [0.25, 0.3) is 0 Å². The molecule has 0 saturated heterocycles. The minimum atomic E-state index is -3.60. The van der Waals surface area contributed by atoms with Gasteiger partial charge >= 0.3 is 0 Å². The molecule has 0 spiro atoms. The Hall–Kier alpha value is -2.78. The number of ether oxygens (including phenoxy) is 1. The third-order valence-corrected chi connectivity index (χ3v) is 8.64. The van der Waals surface area contributed by atoms with E-state index in [0.29, 0.717) is 16.5 Å². The van der Waals surface area contributed by atoms with Crippen LogP contribution < -0.4 is 14.4 Å². The van der Waals surface area contributed by atoms with Crippen LogP contribution in [0, 0.1) is 6.92 Å². The molecular weight excluding hydrogens is 538 g/mol. The number of anilines is 1. The molecule has 0 aromatic heterocycles. The van der Waals surface area contributed by atoms with Crippen molar-refractivity contribution in [3.05, 3.63) is 58.6 Å². The fourth-order valence-electron chi connectivity index (χ4n) is 4.91. The topological polar surface area (TPSA) is 96.0 Å². The Morgan fingerprint density at radius 1 is 1.10 bits per heavy atom. The number of aryl methyl sites for hydroxylation is 1. The normalized spacial score (nSPS) is 14.9. The second-order valence-corrected chi connectivity index (χ2v) is 12.6. The summed E-state index contributed by atoms with van der Waals surface area (Å²) >= 11 is 6.14. The van der Waals surface area contributed by atoms with Gasteiger partial charge in [-0.05, 0) is 68.5 Å². The molecule has 2 aromatic carbocycles. The third kappa shape index (κ3) is 8.86. The second-order valence-electron chi connectivity index (χ2n) is 10.3. The first-order valence-corrected chi connectivity index (χ1v) is 15.7. The van der Waals surface area contributed by atoms with Gasteiger partial charge in [0.2, 0.25) is 21.8 Å². The van der Waals surface area contributed by atoms with E-state index in [-0.39, 0.29) is 43.8 Å². The Bertz CT molecular complexity index is 1230. The van der Waals surface area contributed by atoms with Crippen molar-refractivity contribution in [2.75, 3.05) is 24.2 Å². The molecule has 1 fully saturated rings. The molecule has 0 unspecified atom stereocenters. The van der Waals surface area contributed by atoms with Crippen LogP contribution in [0.4, 0.5) is 5.69 Å². The van der Waals surface area contributed by atoms with Gasteiger partial charge in [-0.25, -0.2) is 8.42 Å². The fraction of sp³-hybridized carbons (Fsp3) is 0.517. The number of rotatable bonds is 12. The number of methoxy groups -OCH3 is 1. The number of amides is 2. The largest absolute Gasteiger partial charge is 0.497 e. The lowest BCUT2D eigenvalue weighted by molar-refractivity contribution is -0.141. The van der Waals surface area contributed by atoms with Gasteiger partial charge in [-0.3, -0.25) is 13.9 Å². The summed E-state index contributed by atoms with van der Waals surface area (Å²) in [4.78, 5) is 28.3. The molecule has 3 rings (SSSR count). The van der Waals surface area contributed by atoms with E-state index in [9.17, 15) is 18.0 Å². The number of sulfonamides is 1. The predicted molar refractivity (Wildman–Crippen MR) is 156 cm³/mol. The minimum Gasteiger partial charge on any atom is -0.497 e. The number of benzene rings is 2. The quantitative estimate of drug-likeness (QED) is 0.380. The lowest BCUT2D eigenvalue weighted by atomic mass is 9.95. The van der Waals surface area contributed by atoms with Gasteiger partial charge < -0.3 is 15.0 Å². The average molecular weight is 578 g/mol. The maximum atomic E-state index is 13.5. The molecule has 214 valence electrons. The Kier molecular flexibility index (Phi) is 11.1. The summed E-state index contributed by atoms with van der Waals surface area (Å²) in [6.45, 7) is 3.94. The first kappa shape index (κ1) is 30.8. The zero-order chi connectivity index (χ0) is 28.6. The van der Waals surface area contributed by atoms with Crippen molar-refractivity contribution >= 4 is 39.1 Å². The average Bonchev–Trinajstić information content (AvgIpc) is 2.91. The van der Waals surface area contributed by atoms with Gasteiger partial charge in [-0.2, -0.15) is 0 Å². The van der Waals surface area contributed by atoms with Gasteiger partial charge in [-0.1, -0.05) is 49.1 Å². The highest BCUT2D eigenvalue weighted by Crippen LogP contribution is 2.27. The van der Waals surface area contributed by atoms with Crippen LogP contribution in [-0.2, 0) is 26.2 Å². The Balaban J connectivity index is 1.74. The van der Waals surface area contributed by atoms with Crippen LogP contribution in [-0.4, -0.2) is 57.1 Å². The molecule has 1 saturated carbocycles. The van der Waals surface area contributed by atoms with Crippen molar-refractivity contribution in [1.82, 2.24) is 10.2 Å². The van der Waals surface area contributed by atoms with Crippen molar-refractivity contribution in [3.63, 3.8) is 0 Å². The second kappa shape index (κ2) is 14.0. The summed E-state index contributed by atoms with van der Waals surface area (Å²) in [5, 5.41) is 3.57. The molecule has 1 aliphatic rings. The molecule has 0 aliphatic heterocycles. The van der Waals surface area contributed by atoms with Crippen LogP contribution in [0.3, 0.4) is 0 Å². The SMILES string of the molecule is COc1ccc(CN(C(=O)CCCN(c2cc(Cl)ccc2C)S(C)(=O)=O)[C@H](C)C(=O)NC2CCCCC2)cc1. The van der Waals surface area contributed by atoms with Gasteiger partial charge in [0.1, 0.15) is 11.8 Å². The maximum absolute atomic E-state index is 13.5. The molecule has 1 N–H and O–H groups in total. The molecule has 8 nitrogen and oxygen atoms in total. The van der Waals surface area contributed by atoms with Gasteiger partial charge in [0.05, 0.1) is 19.1 Å². The molecule has 10 heteroatoms. The van der Waals surface area contributed by atoms with Gasteiger partial charge in [0.25, 0.3) is 0 Å². The lowest BCUT2D eigenvalue weighted by Crippen LogP contribution is -2.50. The molecule has 1 atom stereocenters. The molecule has 1 aliphatic carbocycles. The number of halogens is 1. The number of carbonyl (C=O) groups excluding carboxylic acids is 2. The van der Waals surface area contributed by atoms with Crippen LogP contribution in [0.2, 0.25) is 5.02 Å². The highest BCUT2D eigenvalue weighted by molar-refractivity contribution is 7.92. The summed E-state index contributed by atoms with van der Waals surface area (Å²) < 4.78 is 31.7. The Morgan fingerprint density at radius 2 is 1.77 bits per heavy atom. The first-order chi connectivity index (χ1) is 18.5. The summed E-state index contributed by atoms with van der Waals surface area (Å²) in [5.41, 5.74) is 2.13. The number of carbonyl (C=O) groups is 2. The highest BCUT2D eigenvalue weighted by atomic mass is 35.5. The van der Waals surface area contributed by atoms with Crippen molar-refractivity contribution in [1.29, 1.82) is 0 Å². The van der Waals surface area contributed by atoms with Crippen LogP contribution in [0.1, 0.15) is 63.0 Å². The molecule has 0 bridgehead atoms. The smallest absolute Gasteiger partial charge is 0.242 e. The monoisotopic (exact) mass is 577 g/mol. The van der Waals surface area contributed by atoms with E-state index in [2.05, 4.69) is 5.32 Å². The summed E-state index contributed by atoms with van der Waals surface area (Å²) in [5.74, 6) is 0.321. The predicted octanol–water partition coefficient (Wildman–Crippen LogP) is 5.07. The molecule has 0 radical (unpaired) electrons. The molecule has 0 heterocycles. The molecule has 2 amide bonds. The highest BCUT2D eigenvalue weighted by Gasteiger charge is 2.28. The summed E-state index contributed by atoms with van der Waals surface area (Å²) in [6.07, 6.45) is 6.79. The van der Waals surface area contributed by atoms with E-state index in [1.54, 1.807) is 37.1 Å². The molecular formula is C29H40ClN3O5S. The van der Waals surface area contributed by atoms with Gasteiger partial charge in [-0.15, -0.1) is 0 Å². The van der Waals surface area contributed by atoms with Crippen LogP contribution in [0.15, 0.2) is 42.5 Å². The summed E-state index contributed by atoms with van der Waals surface area (Å²) in [7, 11) is -2.01. The van der Waals surface area contributed by atoms with E-state index in [1.807, 2.05) is 31.2 Å². The van der Waals surface area contributed by atoms with Gasteiger partial charge in [0, 0.05) is 30.6 Å². The van der Waals surface area contributed by atoms with E-state index in [0.717, 1.165) is 43.1 Å².